The first kappa shape index (κ1) is 25.7. The van der Waals surface area contributed by atoms with Crippen LogP contribution in [-0.2, 0) is 26.0 Å². The molecule has 0 aromatic heterocycles. The number of fused-ring (bicyclic) bond motifs is 1. The van der Waals surface area contributed by atoms with Crippen molar-refractivity contribution >= 4 is 21.7 Å². The smallest absolute Gasteiger partial charge is 0.317 e. The summed E-state index contributed by atoms with van der Waals surface area (Å²) in [5, 5.41) is 11.4. The molecule has 0 amide bonds. The van der Waals surface area contributed by atoms with Gasteiger partial charge in [-0.05, 0) is 85.9 Å². The average Bonchev–Trinajstić information content (AvgIpc) is 3.69. The van der Waals surface area contributed by atoms with E-state index in [0.29, 0.717) is 11.4 Å². The summed E-state index contributed by atoms with van der Waals surface area (Å²) in [7, 11) is -3.77. The van der Waals surface area contributed by atoms with Crippen LogP contribution in [0.1, 0.15) is 62.5 Å². The third kappa shape index (κ3) is 5.68. The minimum Gasteiger partial charge on any atom is -0.430 e. The van der Waals surface area contributed by atoms with Gasteiger partial charge in [0.15, 0.2) is 0 Å². The van der Waals surface area contributed by atoms with E-state index in [1.165, 1.54) is 0 Å². The summed E-state index contributed by atoms with van der Waals surface area (Å²) in [6, 6.07) is 14.2. The van der Waals surface area contributed by atoms with E-state index in [-0.39, 0.29) is 22.6 Å². The number of rotatable bonds is 8. The van der Waals surface area contributed by atoms with Crippen LogP contribution in [-0.4, -0.2) is 25.6 Å². The maximum Gasteiger partial charge on any atom is 0.317 e. The number of aryl methyl sites for hydroxylation is 1. The van der Waals surface area contributed by atoms with Crippen molar-refractivity contribution in [2.45, 2.75) is 68.8 Å². The Kier molecular flexibility index (Phi) is 7.54. The molecule has 4 unspecified atom stereocenters. The zero-order valence-corrected chi connectivity index (χ0v) is 22.0. The minimum atomic E-state index is -3.77. The van der Waals surface area contributed by atoms with E-state index in [1.807, 2.05) is 24.3 Å². The monoisotopic (exact) mass is 521 g/mol. The Morgan fingerprint density at radius 1 is 1.11 bits per heavy atom. The summed E-state index contributed by atoms with van der Waals surface area (Å²) in [6.07, 6.45) is 11.4. The van der Waals surface area contributed by atoms with Crippen molar-refractivity contribution in [3.05, 3.63) is 83.6 Å². The minimum absolute atomic E-state index is 0.209. The van der Waals surface area contributed by atoms with Crippen LogP contribution < -0.4 is 4.72 Å². The van der Waals surface area contributed by atoms with E-state index in [0.717, 1.165) is 56.1 Å². The predicted molar refractivity (Wildman–Crippen MR) is 143 cm³/mol. The van der Waals surface area contributed by atoms with Crippen molar-refractivity contribution in [3.63, 3.8) is 0 Å². The Bertz CT molecular complexity index is 1290. The molecule has 2 aromatic carbocycles. The molecule has 1 heterocycles. The van der Waals surface area contributed by atoms with Crippen molar-refractivity contribution in [2.24, 2.45) is 17.8 Å². The fourth-order valence-electron chi connectivity index (χ4n) is 5.74. The molecule has 2 aromatic rings. The van der Waals surface area contributed by atoms with E-state index in [4.69, 9.17) is 4.74 Å². The Morgan fingerprint density at radius 2 is 1.89 bits per heavy atom. The Hall–Kier alpha value is -2.90. The van der Waals surface area contributed by atoms with Gasteiger partial charge in [0.05, 0.1) is 16.9 Å². The van der Waals surface area contributed by atoms with Gasteiger partial charge in [-0.25, -0.2) is 8.42 Å². The second kappa shape index (κ2) is 10.8. The van der Waals surface area contributed by atoms with Gasteiger partial charge in [-0.2, -0.15) is 0 Å². The summed E-state index contributed by atoms with van der Waals surface area (Å²) >= 11 is 0. The SMILES string of the molecule is CCCc1ccc(S(=O)(=O)Nc2cccc(C(C3CC3)C3C(=O)OC4=CC=CCCCC4C3O)c2)cc1. The Labute approximate surface area is 219 Å². The molecule has 37 heavy (non-hydrogen) atoms. The lowest BCUT2D eigenvalue weighted by atomic mass is 9.72. The Morgan fingerprint density at radius 3 is 2.62 bits per heavy atom. The Balaban J connectivity index is 1.40. The zero-order chi connectivity index (χ0) is 26.0. The fraction of sp³-hybridized carbons (Fsp3) is 0.433. The van der Waals surface area contributed by atoms with E-state index in [1.54, 1.807) is 36.4 Å². The number of hydrogen-bond acceptors (Lipinski definition) is 5. The summed E-state index contributed by atoms with van der Waals surface area (Å²) in [5.41, 5.74) is 2.39. The highest BCUT2D eigenvalue weighted by Crippen LogP contribution is 2.51. The predicted octanol–water partition coefficient (Wildman–Crippen LogP) is 5.71. The summed E-state index contributed by atoms with van der Waals surface area (Å²) < 4.78 is 34.7. The van der Waals surface area contributed by atoms with Crippen LogP contribution in [0.4, 0.5) is 5.69 Å². The first-order valence-corrected chi connectivity index (χ1v) is 14.8. The lowest BCUT2D eigenvalue weighted by Gasteiger charge is -2.39. The molecule has 4 atom stereocenters. The molecular weight excluding hydrogens is 486 g/mol. The number of aliphatic hydroxyl groups is 1. The molecule has 0 radical (unpaired) electrons. The van der Waals surface area contributed by atoms with E-state index in [2.05, 4.69) is 17.7 Å². The lowest BCUT2D eigenvalue weighted by molar-refractivity contribution is -0.160. The first-order valence-electron chi connectivity index (χ1n) is 13.4. The molecule has 0 bridgehead atoms. The largest absolute Gasteiger partial charge is 0.430 e. The van der Waals surface area contributed by atoms with Gasteiger partial charge in [-0.3, -0.25) is 9.52 Å². The molecule has 0 spiro atoms. The second-order valence-corrected chi connectivity index (χ2v) is 12.1. The molecule has 3 aliphatic rings. The number of hydrogen-bond donors (Lipinski definition) is 2. The highest BCUT2D eigenvalue weighted by atomic mass is 32.2. The van der Waals surface area contributed by atoms with Crippen molar-refractivity contribution in [2.75, 3.05) is 4.72 Å². The summed E-state index contributed by atoms with van der Waals surface area (Å²) in [6.45, 7) is 2.09. The number of aliphatic hydroxyl groups excluding tert-OH is 1. The van der Waals surface area contributed by atoms with Gasteiger partial charge in [0.2, 0.25) is 0 Å². The van der Waals surface area contributed by atoms with Crippen LogP contribution in [0.3, 0.4) is 0 Å². The van der Waals surface area contributed by atoms with Gasteiger partial charge >= 0.3 is 5.97 Å². The topological polar surface area (TPSA) is 92.7 Å². The molecule has 7 heteroatoms. The molecule has 1 aliphatic heterocycles. The summed E-state index contributed by atoms with van der Waals surface area (Å²) in [5.74, 6) is -0.737. The zero-order valence-electron chi connectivity index (χ0n) is 21.2. The van der Waals surface area contributed by atoms with Crippen LogP contribution in [0.25, 0.3) is 0 Å². The van der Waals surface area contributed by atoms with Crippen LogP contribution >= 0.6 is 0 Å². The molecule has 5 rings (SSSR count). The highest BCUT2D eigenvalue weighted by molar-refractivity contribution is 7.92. The average molecular weight is 522 g/mol. The number of nitrogens with one attached hydrogen (secondary N) is 1. The van der Waals surface area contributed by atoms with E-state index >= 15 is 0 Å². The van der Waals surface area contributed by atoms with Gasteiger partial charge in [-0.1, -0.05) is 49.8 Å². The number of esters is 1. The van der Waals surface area contributed by atoms with Crippen molar-refractivity contribution < 1.29 is 23.1 Å². The lowest BCUT2D eigenvalue weighted by Crippen LogP contribution is -2.45. The normalized spacial score (nSPS) is 24.8. The molecule has 6 nitrogen and oxygen atoms in total. The van der Waals surface area contributed by atoms with Crippen molar-refractivity contribution in [1.29, 1.82) is 0 Å². The molecule has 1 saturated carbocycles. The molecule has 2 fully saturated rings. The number of carbonyl (C=O) groups excluding carboxylic acids is 1. The van der Waals surface area contributed by atoms with Gasteiger partial charge in [0.1, 0.15) is 5.76 Å². The third-order valence-corrected chi connectivity index (χ3v) is 9.13. The first-order chi connectivity index (χ1) is 17.9. The molecular formula is C30H35NO5S. The second-order valence-electron chi connectivity index (χ2n) is 10.5. The molecule has 2 N–H and O–H groups in total. The maximum atomic E-state index is 13.2. The van der Waals surface area contributed by atoms with Crippen molar-refractivity contribution in [3.8, 4) is 0 Å². The van der Waals surface area contributed by atoms with Crippen LogP contribution in [0.2, 0.25) is 0 Å². The van der Waals surface area contributed by atoms with Crippen molar-refractivity contribution in [1.82, 2.24) is 0 Å². The number of allylic oxidation sites excluding steroid dienone is 3. The van der Waals surface area contributed by atoms with Crippen LogP contribution in [0, 0.1) is 17.8 Å². The number of benzene rings is 2. The van der Waals surface area contributed by atoms with Crippen LogP contribution in [0.5, 0.6) is 0 Å². The van der Waals surface area contributed by atoms with Gasteiger partial charge in [-0.15, -0.1) is 0 Å². The number of sulfonamides is 1. The van der Waals surface area contributed by atoms with E-state index in [9.17, 15) is 18.3 Å². The number of carbonyl (C=O) groups is 1. The van der Waals surface area contributed by atoms with E-state index < -0.39 is 28.0 Å². The number of anilines is 1. The molecule has 196 valence electrons. The maximum absolute atomic E-state index is 13.2. The quantitative estimate of drug-likeness (QED) is 0.434. The third-order valence-electron chi connectivity index (χ3n) is 7.73. The highest BCUT2D eigenvalue weighted by Gasteiger charge is 2.50. The van der Waals surface area contributed by atoms with Crippen LogP contribution in [0.15, 0.2) is 77.4 Å². The summed E-state index contributed by atoms with van der Waals surface area (Å²) in [4.78, 5) is 13.4. The van der Waals surface area contributed by atoms with Gasteiger partial charge in [0, 0.05) is 17.5 Å². The fourth-order valence-corrected chi connectivity index (χ4v) is 6.79. The molecule has 1 saturated heterocycles. The number of ether oxygens (including phenoxy) is 1. The van der Waals surface area contributed by atoms with Gasteiger partial charge < -0.3 is 9.84 Å². The molecule has 2 aliphatic carbocycles. The standard InChI is InChI=1S/C30H35NO5S/c1-2-8-20-13-17-24(18-14-20)37(34,35)31-23-10-7-9-22(19-23)27(21-15-16-21)28-29(32)25-11-5-3-4-6-12-26(25)36-30(28)33/h4,6-7,9-10,12-14,17-19,21,25,27-29,31-32H,2-3,5,8,11,15-16H2,1H3. The van der Waals surface area contributed by atoms with Gasteiger partial charge in [0.25, 0.3) is 10.0 Å².